The van der Waals surface area contributed by atoms with E-state index in [9.17, 15) is 9.90 Å². The molecule has 0 aliphatic heterocycles. The first-order valence-electron chi connectivity index (χ1n) is 10.8. The maximum absolute atomic E-state index is 12.5. The number of nitrogens with one attached hydrogen (secondary N) is 1. The molecule has 0 spiro atoms. The number of para-hydroxylation sites is 1. The summed E-state index contributed by atoms with van der Waals surface area (Å²) in [6.45, 7) is 2.32. The van der Waals surface area contributed by atoms with Crippen LogP contribution in [0.2, 0.25) is 0 Å². The van der Waals surface area contributed by atoms with E-state index >= 15 is 0 Å². The first-order chi connectivity index (χ1) is 16.4. The van der Waals surface area contributed by atoms with E-state index in [4.69, 9.17) is 16.2 Å². The number of aromatic nitrogens is 2. The molecule has 0 saturated heterocycles. The number of nitrogen functional groups attached to an aromatic ring is 1. The number of hydrogen-bond acceptors (Lipinski definition) is 6. The Balaban J connectivity index is 1.57. The highest BCUT2D eigenvalue weighted by Crippen LogP contribution is 2.32. The molecule has 1 aromatic heterocycles. The molecule has 8 nitrogen and oxygen atoms in total. The van der Waals surface area contributed by atoms with Crippen molar-refractivity contribution in [2.24, 2.45) is 5.73 Å². The second-order valence-corrected chi connectivity index (χ2v) is 7.92. The van der Waals surface area contributed by atoms with Gasteiger partial charge >= 0.3 is 0 Å². The average molecular weight is 458 g/mol. The fourth-order valence-electron chi connectivity index (χ4n) is 3.79. The second-order valence-electron chi connectivity index (χ2n) is 7.92. The van der Waals surface area contributed by atoms with Crippen LogP contribution in [0.3, 0.4) is 0 Å². The Morgan fingerprint density at radius 3 is 2.53 bits per heavy atom. The van der Waals surface area contributed by atoms with Gasteiger partial charge in [-0.15, -0.1) is 0 Å². The van der Waals surface area contributed by atoms with Crippen LogP contribution in [0, 0.1) is 6.92 Å². The lowest BCUT2D eigenvalue weighted by Gasteiger charge is -2.10. The highest BCUT2D eigenvalue weighted by molar-refractivity contribution is 5.96. The first-order valence-corrected chi connectivity index (χ1v) is 10.8. The molecular weight excluding hydrogens is 430 g/mol. The molecule has 4 aromatic rings. The molecule has 4 rings (SSSR count). The van der Waals surface area contributed by atoms with Gasteiger partial charge in [-0.2, -0.15) is 5.10 Å². The van der Waals surface area contributed by atoms with Crippen LogP contribution in [0.25, 0.3) is 16.9 Å². The van der Waals surface area contributed by atoms with Gasteiger partial charge in [0.15, 0.2) is 0 Å². The molecule has 1 unspecified atom stereocenters. The molecule has 174 valence electrons. The van der Waals surface area contributed by atoms with Crippen LogP contribution in [0.4, 0.5) is 5.82 Å². The molecule has 6 N–H and O–H groups in total. The van der Waals surface area contributed by atoms with E-state index in [1.165, 1.54) is 7.11 Å². The molecule has 1 atom stereocenters. The van der Waals surface area contributed by atoms with Crippen LogP contribution in [-0.2, 0) is 6.54 Å². The van der Waals surface area contributed by atoms with Crippen molar-refractivity contribution in [3.05, 3.63) is 95.1 Å². The van der Waals surface area contributed by atoms with E-state index in [0.29, 0.717) is 29.1 Å². The van der Waals surface area contributed by atoms with Crippen LogP contribution in [-0.4, -0.2) is 27.9 Å². The van der Waals surface area contributed by atoms with Crippen LogP contribution >= 0.6 is 0 Å². The molecule has 0 saturated carbocycles. The maximum Gasteiger partial charge on any atom is 0.255 e. The summed E-state index contributed by atoms with van der Waals surface area (Å²) in [5, 5.41) is 17.7. The van der Waals surface area contributed by atoms with E-state index in [2.05, 4.69) is 10.4 Å². The third-order valence-electron chi connectivity index (χ3n) is 5.53. The number of carbonyl (C=O) groups is 1. The zero-order valence-corrected chi connectivity index (χ0v) is 19.0. The average Bonchev–Trinajstić information content (AvgIpc) is 3.20. The number of ether oxygens (including phenoxy) is 1. The van der Waals surface area contributed by atoms with Gasteiger partial charge in [0.2, 0.25) is 0 Å². The Kier molecular flexibility index (Phi) is 6.62. The minimum Gasteiger partial charge on any atom is -0.496 e. The molecule has 8 heteroatoms. The zero-order valence-electron chi connectivity index (χ0n) is 19.0. The van der Waals surface area contributed by atoms with Crippen molar-refractivity contribution < 1.29 is 14.6 Å². The Hall–Kier alpha value is -4.14. The number of methoxy groups -OCH3 is 1. The Bertz CT molecular complexity index is 1310. The summed E-state index contributed by atoms with van der Waals surface area (Å²) in [5.41, 5.74) is 17.0. The normalized spacial score (nSPS) is 11.8. The van der Waals surface area contributed by atoms with Gasteiger partial charge in [0.25, 0.3) is 5.91 Å². The number of anilines is 1. The highest BCUT2D eigenvalue weighted by Gasteiger charge is 2.22. The van der Waals surface area contributed by atoms with Gasteiger partial charge in [0, 0.05) is 12.1 Å². The van der Waals surface area contributed by atoms with E-state index in [0.717, 1.165) is 22.4 Å². The number of carbonyl (C=O) groups excluding carboxylic acids is 1. The van der Waals surface area contributed by atoms with Gasteiger partial charge in [0.05, 0.1) is 23.9 Å². The third-order valence-corrected chi connectivity index (χ3v) is 5.53. The molecule has 0 aliphatic rings. The standard InChI is InChI=1S/C26H27N5O3/c1-16-6-5-7-19(14-16)31-24(27)22(25(28)32)23(30-31)18-12-10-17(11-13-18)15-29-26(33)20-8-3-4-9-21(20)34-2/h3-14,25,32H,15,27-28H2,1-2H3,(H,29,33). The fourth-order valence-corrected chi connectivity index (χ4v) is 3.79. The number of aliphatic hydroxyl groups is 1. The van der Waals surface area contributed by atoms with Gasteiger partial charge < -0.3 is 26.6 Å². The minimum atomic E-state index is -1.28. The molecule has 0 bridgehead atoms. The topological polar surface area (TPSA) is 128 Å². The maximum atomic E-state index is 12.5. The molecule has 3 aromatic carbocycles. The Labute approximate surface area is 197 Å². The number of nitrogens with zero attached hydrogens (tertiary/aromatic N) is 2. The summed E-state index contributed by atoms with van der Waals surface area (Å²) in [6.07, 6.45) is -1.28. The van der Waals surface area contributed by atoms with E-state index in [-0.39, 0.29) is 11.7 Å². The molecular formula is C26H27N5O3. The zero-order chi connectivity index (χ0) is 24.2. The fraction of sp³-hybridized carbons (Fsp3) is 0.154. The van der Waals surface area contributed by atoms with Crippen LogP contribution < -0.4 is 21.5 Å². The lowest BCUT2D eigenvalue weighted by Crippen LogP contribution is -2.23. The van der Waals surface area contributed by atoms with Crippen LogP contribution in [0.5, 0.6) is 5.75 Å². The quantitative estimate of drug-likeness (QED) is 0.315. The highest BCUT2D eigenvalue weighted by atomic mass is 16.5. The molecule has 1 heterocycles. The lowest BCUT2D eigenvalue weighted by molar-refractivity contribution is 0.0948. The van der Waals surface area contributed by atoms with Crippen molar-refractivity contribution in [2.45, 2.75) is 19.7 Å². The summed E-state index contributed by atoms with van der Waals surface area (Å²) < 4.78 is 6.83. The monoisotopic (exact) mass is 457 g/mol. The number of benzene rings is 3. The minimum absolute atomic E-state index is 0.222. The summed E-state index contributed by atoms with van der Waals surface area (Å²) in [7, 11) is 1.53. The number of aryl methyl sites for hydroxylation is 1. The SMILES string of the molecule is COc1ccccc1C(=O)NCc1ccc(-c2nn(-c3cccc(C)c3)c(N)c2C(N)O)cc1. The Morgan fingerprint density at radius 2 is 1.85 bits per heavy atom. The Morgan fingerprint density at radius 1 is 1.12 bits per heavy atom. The van der Waals surface area contributed by atoms with Gasteiger partial charge in [-0.3, -0.25) is 4.79 Å². The largest absolute Gasteiger partial charge is 0.496 e. The number of hydrogen-bond donors (Lipinski definition) is 4. The smallest absolute Gasteiger partial charge is 0.255 e. The van der Waals surface area contributed by atoms with Crippen molar-refractivity contribution in [3.63, 3.8) is 0 Å². The number of rotatable bonds is 7. The van der Waals surface area contributed by atoms with Crippen LogP contribution in [0.15, 0.2) is 72.8 Å². The molecule has 0 radical (unpaired) electrons. The number of aliphatic hydroxyl groups excluding tert-OH is 1. The van der Waals surface area contributed by atoms with E-state index < -0.39 is 6.23 Å². The first kappa shape index (κ1) is 23.0. The molecule has 34 heavy (non-hydrogen) atoms. The van der Waals surface area contributed by atoms with Crippen molar-refractivity contribution in [3.8, 4) is 22.7 Å². The van der Waals surface area contributed by atoms with Gasteiger partial charge in [0.1, 0.15) is 23.5 Å². The molecule has 1 amide bonds. The van der Waals surface area contributed by atoms with Crippen molar-refractivity contribution in [2.75, 3.05) is 12.8 Å². The summed E-state index contributed by atoms with van der Waals surface area (Å²) in [4.78, 5) is 12.5. The van der Waals surface area contributed by atoms with Gasteiger partial charge in [-0.1, -0.05) is 48.5 Å². The van der Waals surface area contributed by atoms with Gasteiger partial charge in [-0.05, 0) is 42.3 Å². The molecule has 0 aliphatic carbocycles. The summed E-state index contributed by atoms with van der Waals surface area (Å²) >= 11 is 0. The second kappa shape index (κ2) is 9.78. The number of amides is 1. The summed E-state index contributed by atoms with van der Waals surface area (Å²) in [5.74, 6) is 0.577. The van der Waals surface area contributed by atoms with Crippen LogP contribution in [0.1, 0.15) is 33.3 Å². The van der Waals surface area contributed by atoms with E-state index in [1.54, 1.807) is 22.9 Å². The summed E-state index contributed by atoms with van der Waals surface area (Å²) in [6, 6.07) is 22.3. The number of nitrogens with two attached hydrogens (primary N) is 2. The lowest BCUT2D eigenvalue weighted by atomic mass is 10.0. The molecule has 0 fully saturated rings. The predicted octanol–water partition coefficient (Wildman–Crippen LogP) is 3.32. The van der Waals surface area contributed by atoms with Crippen molar-refractivity contribution >= 4 is 11.7 Å². The van der Waals surface area contributed by atoms with Gasteiger partial charge in [-0.25, -0.2) is 4.68 Å². The van der Waals surface area contributed by atoms with Crippen molar-refractivity contribution in [1.29, 1.82) is 0 Å². The third kappa shape index (κ3) is 4.63. The predicted molar refractivity (Wildman–Crippen MR) is 131 cm³/mol. The van der Waals surface area contributed by atoms with E-state index in [1.807, 2.05) is 61.5 Å². The van der Waals surface area contributed by atoms with Crippen molar-refractivity contribution in [1.82, 2.24) is 15.1 Å².